The number of quaternary nitrogens is 2. The summed E-state index contributed by atoms with van der Waals surface area (Å²) in [6.45, 7) is 0. The summed E-state index contributed by atoms with van der Waals surface area (Å²) in [5.41, 5.74) is 0. The Morgan fingerprint density at radius 1 is 0.733 bits per heavy atom. The molecule has 0 aliphatic rings. The molecule has 0 saturated heterocycles. The predicted molar refractivity (Wildman–Crippen MR) is 39.7 cm³/mol. The molecule has 12 N–H and O–H groups in total. The van der Waals surface area contributed by atoms with E-state index in [4.69, 9.17) is 35.1 Å². The van der Waals surface area contributed by atoms with Crippen molar-refractivity contribution in [1.29, 1.82) is 0 Å². The van der Waals surface area contributed by atoms with Gasteiger partial charge in [0, 0.05) is 0 Å². The van der Waals surface area contributed by atoms with Gasteiger partial charge < -0.3 is 4.74 Å². The van der Waals surface area contributed by atoms with Crippen LogP contribution < -0.4 is 35.1 Å². The standard InChI is InChI=1S/C2H12N8O5/c3-9(4,5)14-1(11)13-2(12)15-10(6,7)8/h3-8H2/q+2. The van der Waals surface area contributed by atoms with Crippen LogP contribution in [0.3, 0.4) is 0 Å². The summed E-state index contributed by atoms with van der Waals surface area (Å²) in [4.78, 5) is 25.7. The predicted octanol–water partition coefficient (Wildman–Crippen LogP) is -4.02. The number of nitrogens with zero attached hydrogens (tertiary/aromatic N) is 2. The number of ether oxygens (including phenoxy) is 1. The molecule has 13 heteroatoms. The molecule has 88 valence electrons. The molecule has 0 aromatic carbocycles. The summed E-state index contributed by atoms with van der Waals surface area (Å²) in [7, 11) is 0. The van der Waals surface area contributed by atoms with Crippen LogP contribution in [0.4, 0.5) is 9.59 Å². The molecule has 0 aliphatic heterocycles. The van der Waals surface area contributed by atoms with Crippen LogP contribution in [0.5, 0.6) is 0 Å². The van der Waals surface area contributed by atoms with Crippen LogP contribution in [0, 0.1) is 0 Å². The van der Waals surface area contributed by atoms with Gasteiger partial charge in [0.2, 0.25) is 0 Å². The molecule has 0 atom stereocenters. The first kappa shape index (κ1) is 13.4. The van der Waals surface area contributed by atoms with Gasteiger partial charge in [-0.25, -0.2) is 0 Å². The minimum atomic E-state index is -1.69. The molecule has 0 aromatic rings. The van der Waals surface area contributed by atoms with Crippen LogP contribution in [0.25, 0.3) is 0 Å². The van der Waals surface area contributed by atoms with Crippen LogP contribution in [-0.2, 0) is 14.4 Å². The topological polar surface area (TPSA) is 218 Å². The van der Waals surface area contributed by atoms with E-state index in [1.165, 1.54) is 0 Å². The Balaban J connectivity index is 4.04. The van der Waals surface area contributed by atoms with Crippen LogP contribution in [-0.4, -0.2) is 22.3 Å². The van der Waals surface area contributed by atoms with Crippen LogP contribution >= 0.6 is 0 Å². The Labute approximate surface area is 82.5 Å². The first-order chi connectivity index (χ1) is 6.49. The van der Waals surface area contributed by atoms with Crippen molar-refractivity contribution in [2.75, 3.05) is 0 Å². The van der Waals surface area contributed by atoms with Gasteiger partial charge in [-0.1, -0.05) is 35.1 Å². The Kier molecular flexibility index (Phi) is 3.84. The Morgan fingerprint density at radius 3 is 1.20 bits per heavy atom. The first-order valence-electron chi connectivity index (χ1n) is 3.14. The lowest BCUT2D eigenvalue weighted by Crippen LogP contribution is -2.67. The van der Waals surface area contributed by atoms with E-state index in [0.29, 0.717) is 0 Å². The van der Waals surface area contributed by atoms with E-state index >= 15 is 0 Å². The molecule has 0 spiro atoms. The monoisotopic (exact) mass is 228 g/mol. The quantitative estimate of drug-likeness (QED) is 0.0877. The van der Waals surface area contributed by atoms with Gasteiger partial charge in [-0.3, -0.25) is 0 Å². The van der Waals surface area contributed by atoms with E-state index < -0.39 is 22.3 Å². The zero-order chi connectivity index (χ0) is 12.3. The van der Waals surface area contributed by atoms with Gasteiger partial charge in [0.15, 0.2) is 0 Å². The number of rotatable bonds is 2. The fourth-order valence-corrected chi connectivity index (χ4v) is 0.364. The fraction of sp³-hybridized carbons (Fsp3) is 0. The van der Waals surface area contributed by atoms with E-state index in [0.717, 1.165) is 0 Å². The van der Waals surface area contributed by atoms with Crippen LogP contribution in [0.2, 0.25) is 0 Å². The van der Waals surface area contributed by atoms with E-state index in [-0.39, 0.29) is 0 Å². The van der Waals surface area contributed by atoms with Crippen molar-refractivity contribution in [2.24, 2.45) is 35.1 Å². The summed E-state index contributed by atoms with van der Waals surface area (Å²) < 4.78 is 3.77. The molecule has 0 fully saturated rings. The van der Waals surface area contributed by atoms with E-state index in [1.54, 1.807) is 0 Å². The second-order valence-electron chi connectivity index (χ2n) is 2.31. The number of hydrogen-bond donors (Lipinski definition) is 6. The van der Waals surface area contributed by atoms with Crippen molar-refractivity contribution < 1.29 is 33.9 Å². The van der Waals surface area contributed by atoms with Gasteiger partial charge in [-0.2, -0.15) is 19.3 Å². The molecule has 0 unspecified atom stereocenters. The maximum Gasteiger partial charge on any atom is 0.577 e. The lowest BCUT2D eigenvalue weighted by atomic mass is 11.2. The molecule has 15 heavy (non-hydrogen) atoms. The number of nitrogens with two attached hydrogens (primary N) is 6. The minimum Gasteiger partial charge on any atom is -0.320 e. The second kappa shape index (κ2) is 4.29. The van der Waals surface area contributed by atoms with Gasteiger partial charge >= 0.3 is 12.3 Å². The molecule has 0 heterocycles. The maximum atomic E-state index is 10.6. The Bertz CT molecular complexity index is 225. The third-order valence-corrected chi connectivity index (χ3v) is 0.632. The van der Waals surface area contributed by atoms with E-state index in [2.05, 4.69) is 14.4 Å². The van der Waals surface area contributed by atoms with Crippen molar-refractivity contribution in [3.8, 4) is 0 Å². The molecule has 0 aliphatic carbocycles. The minimum absolute atomic E-state index is 1.64. The van der Waals surface area contributed by atoms with E-state index in [9.17, 15) is 9.59 Å². The zero-order valence-corrected chi connectivity index (χ0v) is 7.40. The summed E-state index contributed by atoms with van der Waals surface area (Å²) in [6, 6.07) is 0. The lowest BCUT2D eigenvalue weighted by Gasteiger charge is -2.16. The van der Waals surface area contributed by atoms with Gasteiger partial charge in [-0.05, 0) is 0 Å². The van der Waals surface area contributed by atoms with Crippen molar-refractivity contribution >= 4 is 12.3 Å². The van der Waals surface area contributed by atoms with Gasteiger partial charge in [-0.15, -0.1) is 0 Å². The Hall–Kier alpha value is -1.58. The summed E-state index contributed by atoms with van der Waals surface area (Å²) >= 11 is 0. The second-order valence-corrected chi connectivity index (χ2v) is 2.31. The van der Waals surface area contributed by atoms with Crippen molar-refractivity contribution in [1.82, 2.24) is 0 Å². The summed E-state index contributed by atoms with van der Waals surface area (Å²) in [5, 5.41) is 0. The van der Waals surface area contributed by atoms with Crippen LogP contribution in [0.1, 0.15) is 0 Å². The number of carbonyl (C=O) groups is 2. The van der Waals surface area contributed by atoms with Gasteiger partial charge in [0.1, 0.15) is 0 Å². The molecule has 0 rings (SSSR count). The molecule has 0 saturated carbocycles. The van der Waals surface area contributed by atoms with Crippen LogP contribution in [0.15, 0.2) is 0 Å². The average Bonchev–Trinajstić information content (AvgIpc) is 1.73. The fourth-order valence-electron chi connectivity index (χ4n) is 0.364. The molecular formula is C2H12N8O5+2. The zero-order valence-electron chi connectivity index (χ0n) is 7.40. The normalized spacial score (nSPS) is 11.9. The largest absolute Gasteiger partial charge is 0.577 e. The molecule has 0 radical (unpaired) electrons. The summed E-state index contributed by atoms with van der Waals surface area (Å²) in [5.74, 6) is 28.7. The Morgan fingerprint density at radius 2 is 1.00 bits per heavy atom. The van der Waals surface area contributed by atoms with Gasteiger partial charge in [0.25, 0.3) is 0 Å². The third kappa shape index (κ3) is 8.74. The molecule has 13 nitrogen and oxygen atoms in total. The van der Waals surface area contributed by atoms with Crippen molar-refractivity contribution in [3.05, 3.63) is 0 Å². The number of carbonyl (C=O) groups excluding carboxylic acids is 2. The lowest BCUT2D eigenvalue weighted by molar-refractivity contribution is -1.12. The average molecular weight is 228 g/mol. The highest BCUT2D eigenvalue weighted by Crippen LogP contribution is 1.93. The highest BCUT2D eigenvalue weighted by atomic mass is 17.0. The maximum absolute atomic E-state index is 10.6. The van der Waals surface area contributed by atoms with Crippen molar-refractivity contribution in [3.63, 3.8) is 0 Å². The highest BCUT2D eigenvalue weighted by Gasteiger charge is 2.29. The highest BCUT2D eigenvalue weighted by molar-refractivity contribution is 5.76. The third-order valence-electron chi connectivity index (χ3n) is 0.632. The molecular weight excluding hydrogens is 216 g/mol. The van der Waals surface area contributed by atoms with E-state index in [1.807, 2.05) is 0 Å². The molecule has 0 amide bonds. The van der Waals surface area contributed by atoms with Gasteiger partial charge in [0.05, 0.1) is 9.95 Å². The molecule has 0 aromatic heterocycles. The number of hydrogen-bond acceptors (Lipinski definition) is 11. The smallest absolute Gasteiger partial charge is 0.320 e. The van der Waals surface area contributed by atoms with Crippen molar-refractivity contribution in [2.45, 2.75) is 0 Å². The molecule has 0 bridgehead atoms. The SMILES string of the molecule is N[N+](N)(N)OC(=O)OC(=O)O[N+](N)(N)N. The summed E-state index contributed by atoms with van der Waals surface area (Å²) in [6.07, 6.45) is -3.28. The first-order valence-corrected chi connectivity index (χ1v) is 3.14.